The highest BCUT2D eigenvalue weighted by atomic mass is 35.5. The van der Waals surface area contributed by atoms with E-state index < -0.39 is 11.7 Å². The summed E-state index contributed by atoms with van der Waals surface area (Å²) in [6, 6.07) is 7.71. The topological polar surface area (TPSA) is 49.4 Å². The molecule has 0 bridgehead atoms. The zero-order valence-electron chi connectivity index (χ0n) is 14.4. The summed E-state index contributed by atoms with van der Waals surface area (Å²) in [5, 5.41) is 3.43. The molecule has 1 atom stereocenters. The highest BCUT2D eigenvalue weighted by Crippen LogP contribution is 2.44. The first kappa shape index (κ1) is 18.3. The molecule has 2 aromatic carbocycles. The first-order valence-electron chi connectivity index (χ1n) is 8.82. The molecule has 0 aliphatic carbocycles. The average molecular weight is 407 g/mol. The van der Waals surface area contributed by atoms with Crippen LogP contribution < -0.4 is 10.2 Å². The number of nitrogens with zero attached hydrogens (tertiary/aromatic N) is 1. The van der Waals surface area contributed by atoms with Gasteiger partial charge in [-0.2, -0.15) is 0 Å². The van der Waals surface area contributed by atoms with Gasteiger partial charge in [0.2, 0.25) is 5.91 Å². The Kier molecular flexibility index (Phi) is 4.82. The second-order valence-electron chi connectivity index (χ2n) is 6.85. The van der Waals surface area contributed by atoms with Gasteiger partial charge in [0.25, 0.3) is 0 Å². The molecule has 1 fully saturated rings. The normalized spacial score (nSPS) is 18.6. The highest BCUT2D eigenvalue weighted by Gasteiger charge is 2.36. The van der Waals surface area contributed by atoms with Gasteiger partial charge < -0.3 is 10.2 Å². The van der Waals surface area contributed by atoms with Crippen molar-refractivity contribution in [3.63, 3.8) is 0 Å². The fraction of sp³-hybridized carbons (Fsp3) is 0.300. The monoisotopic (exact) mass is 406 g/mol. The predicted molar refractivity (Wildman–Crippen MR) is 105 cm³/mol. The fourth-order valence-electron chi connectivity index (χ4n) is 3.77. The van der Waals surface area contributed by atoms with Crippen LogP contribution in [0.3, 0.4) is 0 Å². The molecule has 1 amide bonds. The number of rotatable bonds is 4. The number of hydrogen-bond acceptors (Lipinski definition) is 3. The third kappa shape index (κ3) is 3.30. The van der Waals surface area contributed by atoms with Crippen LogP contribution in [0.25, 0.3) is 0 Å². The molecular weight excluding hydrogens is 390 g/mol. The Labute approximate surface area is 166 Å². The minimum absolute atomic E-state index is 0.0958. The molecule has 1 N–H and O–H groups in total. The lowest BCUT2D eigenvalue weighted by Crippen LogP contribution is -2.19. The van der Waals surface area contributed by atoms with Gasteiger partial charge in [-0.3, -0.25) is 9.59 Å². The van der Waals surface area contributed by atoms with Gasteiger partial charge in [0, 0.05) is 35.7 Å². The standard InChI is InChI=1S/C20H17Cl2FN2O2/c21-13-4-5-14(22)19-18(13)12(20(27)24-19)10-17(26)11-3-6-16(15(23)9-11)25-7-1-2-8-25/h3-6,9,12H,1-2,7-8,10H2,(H,24,27). The van der Waals surface area contributed by atoms with Crippen LogP contribution in [0.15, 0.2) is 30.3 Å². The van der Waals surface area contributed by atoms with E-state index in [1.54, 1.807) is 24.3 Å². The molecule has 0 spiro atoms. The molecular formula is C20H17Cl2FN2O2. The summed E-state index contributed by atoms with van der Waals surface area (Å²) in [5.41, 5.74) is 1.73. The first-order valence-corrected chi connectivity index (χ1v) is 9.58. The van der Waals surface area contributed by atoms with E-state index >= 15 is 0 Å². The number of benzene rings is 2. The summed E-state index contributed by atoms with van der Waals surface area (Å²) in [7, 11) is 0. The summed E-state index contributed by atoms with van der Waals surface area (Å²) in [6.45, 7) is 1.64. The van der Waals surface area contributed by atoms with Crippen molar-refractivity contribution in [1.29, 1.82) is 0 Å². The van der Waals surface area contributed by atoms with Gasteiger partial charge in [0.1, 0.15) is 5.82 Å². The summed E-state index contributed by atoms with van der Waals surface area (Å²) in [5.74, 6) is -1.80. The number of halogens is 3. The van der Waals surface area contributed by atoms with E-state index in [2.05, 4.69) is 5.32 Å². The number of nitrogens with one attached hydrogen (secondary N) is 1. The predicted octanol–water partition coefficient (Wildman–Crippen LogP) is 5.04. The molecule has 1 saturated heterocycles. The molecule has 0 radical (unpaired) electrons. The van der Waals surface area contributed by atoms with Gasteiger partial charge in [0.05, 0.1) is 22.3 Å². The number of amides is 1. The molecule has 27 heavy (non-hydrogen) atoms. The van der Waals surface area contributed by atoms with Gasteiger partial charge in [-0.25, -0.2) is 4.39 Å². The van der Waals surface area contributed by atoms with E-state index in [4.69, 9.17) is 23.2 Å². The summed E-state index contributed by atoms with van der Waals surface area (Å²) in [6.07, 6.45) is 1.99. The second-order valence-corrected chi connectivity index (χ2v) is 7.66. The van der Waals surface area contributed by atoms with Crippen LogP contribution in [0.2, 0.25) is 10.0 Å². The molecule has 7 heteroatoms. The zero-order valence-corrected chi connectivity index (χ0v) is 15.9. The number of ketones is 1. The van der Waals surface area contributed by atoms with E-state index in [0.717, 1.165) is 25.9 Å². The fourth-order valence-corrected chi connectivity index (χ4v) is 4.27. The van der Waals surface area contributed by atoms with E-state index in [0.29, 0.717) is 27.0 Å². The van der Waals surface area contributed by atoms with Crippen LogP contribution in [0, 0.1) is 5.82 Å². The van der Waals surface area contributed by atoms with E-state index in [1.807, 2.05) is 4.90 Å². The molecule has 2 aliphatic rings. The summed E-state index contributed by atoms with van der Waals surface area (Å²) >= 11 is 12.3. The lowest BCUT2D eigenvalue weighted by molar-refractivity contribution is -0.117. The number of fused-ring (bicyclic) bond motifs is 1. The van der Waals surface area contributed by atoms with Crippen molar-refractivity contribution in [1.82, 2.24) is 0 Å². The molecule has 2 aliphatic heterocycles. The number of hydrogen-bond donors (Lipinski definition) is 1. The number of carbonyl (C=O) groups is 2. The number of carbonyl (C=O) groups excluding carboxylic acids is 2. The smallest absolute Gasteiger partial charge is 0.232 e. The maximum atomic E-state index is 14.5. The van der Waals surface area contributed by atoms with Crippen molar-refractivity contribution in [3.05, 3.63) is 57.3 Å². The molecule has 4 rings (SSSR count). The second kappa shape index (κ2) is 7.13. The van der Waals surface area contributed by atoms with E-state index in [-0.39, 0.29) is 23.7 Å². The number of anilines is 2. The van der Waals surface area contributed by atoms with Crippen molar-refractivity contribution in [3.8, 4) is 0 Å². The van der Waals surface area contributed by atoms with Gasteiger partial charge in [-0.15, -0.1) is 0 Å². The molecule has 0 saturated carbocycles. The minimum Gasteiger partial charge on any atom is -0.369 e. The lowest BCUT2D eigenvalue weighted by atomic mass is 9.92. The van der Waals surface area contributed by atoms with Crippen molar-refractivity contribution in [2.24, 2.45) is 0 Å². The Balaban J connectivity index is 1.58. The lowest BCUT2D eigenvalue weighted by Gasteiger charge is -2.18. The average Bonchev–Trinajstić information content (AvgIpc) is 3.27. The molecule has 2 aromatic rings. The molecule has 2 heterocycles. The van der Waals surface area contributed by atoms with Crippen LogP contribution in [0.5, 0.6) is 0 Å². The maximum absolute atomic E-state index is 14.5. The van der Waals surface area contributed by atoms with Crippen molar-refractivity contribution in [2.75, 3.05) is 23.3 Å². The van der Waals surface area contributed by atoms with Gasteiger partial charge >= 0.3 is 0 Å². The third-order valence-corrected chi connectivity index (χ3v) is 5.81. The summed E-state index contributed by atoms with van der Waals surface area (Å²) < 4.78 is 14.5. The zero-order chi connectivity index (χ0) is 19.1. The molecule has 0 aromatic heterocycles. The van der Waals surface area contributed by atoms with Gasteiger partial charge in [-0.1, -0.05) is 23.2 Å². The van der Waals surface area contributed by atoms with Crippen LogP contribution in [-0.2, 0) is 4.79 Å². The van der Waals surface area contributed by atoms with Crippen LogP contribution in [0.4, 0.5) is 15.8 Å². The third-order valence-electron chi connectivity index (χ3n) is 5.16. The van der Waals surface area contributed by atoms with E-state index in [9.17, 15) is 14.0 Å². The molecule has 1 unspecified atom stereocenters. The van der Waals surface area contributed by atoms with Crippen molar-refractivity contribution in [2.45, 2.75) is 25.2 Å². The van der Waals surface area contributed by atoms with Crippen LogP contribution in [0.1, 0.15) is 41.1 Å². The highest BCUT2D eigenvalue weighted by molar-refractivity contribution is 6.38. The Morgan fingerprint density at radius 1 is 1.15 bits per heavy atom. The van der Waals surface area contributed by atoms with Crippen molar-refractivity contribution < 1.29 is 14.0 Å². The van der Waals surface area contributed by atoms with Gasteiger partial charge in [-0.05, 0) is 43.2 Å². The number of Topliss-reactive ketones (excluding diaryl/α,β-unsaturated/α-hetero) is 1. The quantitative estimate of drug-likeness (QED) is 0.723. The largest absolute Gasteiger partial charge is 0.369 e. The summed E-state index contributed by atoms with van der Waals surface area (Å²) in [4.78, 5) is 27.0. The Bertz CT molecular complexity index is 942. The first-order chi connectivity index (χ1) is 13.0. The van der Waals surface area contributed by atoms with Crippen molar-refractivity contribution >= 4 is 46.3 Å². The van der Waals surface area contributed by atoms with Gasteiger partial charge in [0.15, 0.2) is 5.78 Å². The Morgan fingerprint density at radius 2 is 1.85 bits per heavy atom. The Hall–Kier alpha value is -2.11. The Morgan fingerprint density at radius 3 is 2.56 bits per heavy atom. The van der Waals surface area contributed by atoms with E-state index in [1.165, 1.54) is 6.07 Å². The minimum atomic E-state index is -0.736. The van der Waals surface area contributed by atoms with Crippen LogP contribution >= 0.6 is 23.2 Å². The SMILES string of the molecule is O=C(CC1C(=O)Nc2c(Cl)ccc(Cl)c21)c1ccc(N2CCCC2)c(F)c1. The molecule has 140 valence electrons. The molecule has 4 nitrogen and oxygen atoms in total. The van der Waals surface area contributed by atoms with Crippen LogP contribution in [-0.4, -0.2) is 24.8 Å². The maximum Gasteiger partial charge on any atom is 0.232 e.